The molecule has 2 fully saturated rings. The van der Waals surface area contributed by atoms with Gasteiger partial charge < -0.3 is 20.3 Å². The van der Waals surface area contributed by atoms with E-state index in [1.54, 1.807) is 42.5 Å². The van der Waals surface area contributed by atoms with Crippen LogP contribution < -0.4 is 10.6 Å². The number of aryl methyl sites for hydroxylation is 2. The number of halogens is 1. The van der Waals surface area contributed by atoms with E-state index in [1.807, 2.05) is 50.2 Å². The molecule has 3 amide bonds. The molecule has 2 bridgehead atoms. The zero-order chi connectivity index (χ0) is 28.0. The molecule has 3 heterocycles. The minimum Gasteiger partial charge on any atom is -0.360 e. The maximum absolute atomic E-state index is 14.9. The number of hydrogen-bond acceptors (Lipinski definition) is 4. The highest BCUT2D eigenvalue weighted by Gasteiger charge is 2.64. The molecule has 0 aromatic heterocycles. The average molecular weight is 540 g/mol. The highest BCUT2D eigenvalue weighted by atomic mass is 19.1. The predicted octanol–water partition coefficient (Wildman–Crippen LogP) is 4.22. The van der Waals surface area contributed by atoms with E-state index in [4.69, 9.17) is 4.74 Å². The van der Waals surface area contributed by atoms with Crippen molar-refractivity contribution in [3.63, 3.8) is 0 Å². The number of rotatable bonds is 5. The van der Waals surface area contributed by atoms with E-state index >= 15 is 0 Å². The van der Waals surface area contributed by atoms with Crippen molar-refractivity contribution in [2.24, 2.45) is 11.8 Å². The molecule has 2 saturated heterocycles. The molecule has 0 aliphatic carbocycles. The zero-order valence-corrected chi connectivity index (χ0v) is 22.3. The molecule has 3 aliphatic heterocycles. The third-order valence-electron chi connectivity index (χ3n) is 8.12. The van der Waals surface area contributed by atoms with Crippen LogP contribution in [0.2, 0.25) is 0 Å². The summed E-state index contributed by atoms with van der Waals surface area (Å²) in [6.45, 7) is 3.79. The van der Waals surface area contributed by atoms with Gasteiger partial charge in [-0.25, -0.2) is 4.39 Å². The van der Waals surface area contributed by atoms with Gasteiger partial charge in [0, 0.05) is 17.8 Å². The summed E-state index contributed by atoms with van der Waals surface area (Å²) >= 11 is 0. The molecule has 3 aliphatic rings. The van der Waals surface area contributed by atoms with Crippen molar-refractivity contribution in [1.29, 1.82) is 0 Å². The first-order valence-electron chi connectivity index (χ1n) is 13.4. The van der Waals surface area contributed by atoms with Crippen LogP contribution in [0.25, 0.3) is 0 Å². The lowest BCUT2D eigenvalue weighted by atomic mass is 9.73. The second-order valence-corrected chi connectivity index (χ2v) is 10.8. The highest BCUT2D eigenvalue weighted by molar-refractivity contribution is 6.00. The Morgan fingerprint density at radius 1 is 1.02 bits per heavy atom. The predicted molar refractivity (Wildman–Crippen MR) is 147 cm³/mol. The van der Waals surface area contributed by atoms with Crippen LogP contribution in [0.3, 0.4) is 0 Å². The van der Waals surface area contributed by atoms with E-state index in [0.29, 0.717) is 11.3 Å². The summed E-state index contributed by atoms with van der Waals surface area (Å²) in [5.74, 6) is -3.41. The second kappa shape index (κ2) is 10.0. The van der Waals surface area contributed by atoms with Crippen LogP contribution in [0, 0.1) is 31.5 Å². The summed E-state index contributed by atoms with van der Waals surface area (Å²) in [6, 6.07) is 19.9. The van der Waals surface area contributed by atoms with Crippen LogP contribution in [-0.2, 0) is 25.7 Å². The number of nitrogens with zero attached hydrogens (tertiary/aromatic N) is 1. The smallest absolute Gasteiger partial charge is 0.247 e. The first-order chi connectivity index (χ1) is 19.3. The Labute approximate surface area is 232 Å². The molecule has 3 aromatic rings. The number of fused-ring (bicyclic) bond motifs is 1. The summed E-state index contributed by atoms with van der Waals surface area (Å²) in [5, 5.41) is 5.91. The van der Waals surface area contributed by atoms with Crippen molar-refractivity contribution in [2.45, 2.75) is 38.1 Å². The van der Waals surface area contributed by atoms with Crippen molar-refractivity contribution >= 4 is 23.4 Å². The molecule has 40 heavy (non-hydrogen) atoms. The quantitative estimate of drug-likeness (QED) is 0.476. The third kappa shape index (κ3) is 4.48. The van der Waals surface area contributed by atoms with Crippen LogP contribution in [0.15, 0.2) is 84.9 Å². The van der Waals surface area contributed by atoms with Gasteiger partial charge >= 0.3 is 0 Å². The normalized spacial score (nSPS) is 27.1. The summed E-state index contributed by atoms with van der Waals surface area (Å²) in [5.41, 5.74) is 2.36. The summed E-state index contributed by atoms with van der Waals surface area (Å²) in [7, 11) is 0. The standard InChI is InChI=1S/C32H30FN3O4/c1-19-7-11-21(12-8-19)28-30(38)34-18-32-16-15-25(40-32)26(29(37)35-23-13-9-20(2)10-14-23)27(32)31(39)36(28)17-22-5-3-4-6-24(22)33/h3-16,25-28H,17-18H2,1-2H3,(H,34,38)(H,35,37)/t25-,26-,27+,28+,32+/m1/s1. The molecule has 1 spiro atoms. The van der Waals surface area contributed by atoms with Gasteiger partial charge in [-0.05, 0) is 37.6 Å². The minimum atomic E-state index is -1.18. The number of nitrogens with one attached hydrogen (secondary N) is 2. The molecule has 3 aromatic carbocycles. The number of amides is 3. The van der Waals surface area contributed by atoms with Gasteiger partial charge in [-0.3, -0.25) is 14.4 Å². The van der Waals surface area contributed by atoms with E-state index in [1.165, 1.54) is 11.0 Å². The number of anilines is 1. The Hall–Kier alpha value is -4.30. The summed E-state index contributed by atoms with van der Waals surface area (Å²) in [4.78, 5) is 43.4. The van der Waals surface area contributed by atoms with E-state index in [2.05, 4.69) is 10.6 Å². The van der Waals surface area contributed by atoms with Gasteiger partial charge in [0.1, 0.15) is 17.5 Å². The fourth-order valence-corrected chi connectivity index (χ4v) is 6.02. The highest BCUT2D eigenvalue weighted by Crippen LogP contribution is 2.50. The molecule has 8 heteroatoms. The summed E-state index contributed by atoms with van der Waals surface area (Å²) in [6.07, 6.45) is 2.93. The number of carbonyl (C=O) groups is 3. The van der Waals surface area contributed by atoms with Gasteiger partial charge in [-0.15, -0.1) is 0 Å². The Morgan fingerprint density at radius 3 is 2.40 bits per heavy atom. The topological polar surface area (TPSA) is 87.7 Å². The monoisotopic (exact) mass is 539 g/mol. The van der Waals surface area contributed by atoms with Crippen molar-refractivity contribution < 1.29 is 23.5 Å². The van der Waals surface area contributed by atoms with Crippen molar-refractivity contribution in [1.82, 2.24) is 10.2 Å². The molecular weight excluding hydrogens is 509 g/mol. The molecule has 5 atom stereocenters. The number of ether oxygens (including phenoxy) is 1. The lowest BCUT2D eigenvalue weighted by Crippen LogP contribution is -2.59. The van der Waals surface area contributed by atoms with E-state index < -0.39 is 47.2 Å². The minimum absolute atomic E-state index is 0.0411. The lowest BCUT2D eigenvalue weighted by Gasteiger charge is -2.42. The average Bonchev–Trinajstić information content (AvgIpc) is 3.51. The number of benzene rings is 3. The van der Waals surface area contributed by atoms with Gasteiger partial charge in [0.15, 0.2) is 0 Å². The Kier molecular flexibility index (Phi) is 6.50. The molecule has 0 saturated carbocycles. The van der Waals surface area contributed by atoms with Crippen LogP contribution in [0.4, 0.5) is 10.1 Å². The maximum Gasteiger partial charge on any atom is 0.247 e. The van der Waals surface area contributed by atoms with Crippen molar-refractivity contribution in [3.05, 3.63) is 113 Å². The first kappa shape index (κ1) is 26.0. The number of carbonyl (C=O) groups excluding carboxylic acids is 3. The van der Waals surface area contributed by atoms with Gasteiger partial charge in [-0.1, -0.05) is 77.9 Å². The van der Waals surface area contributed by atoms with E-state index in [0.717, 1.165) is 11.1 Å². The van der Waals surface area contributed by atoms with Crippen LogP contribution in [0.5, 0.6) is 0 Å². The fraction of sp³-hybridized carbons (Fsp3) is 0.281. The Morgan fingerprint density at radius 2 is 1.70 bits per heavy atom. The molecule has 0 unspecified atom stereocenters. The van der Waals surface area contributed by atoms with Crippen LogP contribution in [0.1, 0.15) is 28.3 Å². The molecule has 6 rings (SSSR count). The largest absolute Gasteiger partial charge is 0.360 e. The summed E-state index contributed by atoms with van der Waals surface area (Å²) < 4.78 is 21.2. The van der Waals surface area contributed by atoms with Gasteiger partial charge in [0.25, 0.3) is 0 Å². The number of hydrogen-bond donors (Lipinski definition) is 2. The maximum atomic E-state index is 14.9. The fourth-order valence-electron chi connectivity index (χ4n) is 6.02. The van der Waals surface area contributed by atoms with Gasteiger partial charge in [0.05, 0.1) is 24.5 Å². The van der Waals surface area contributed by atoms with Crippen LogP contribution >= 0.6 is 0 Å². The molecule has 0 radical (unpaired) electrons. The first-order valence-corrected chi connectivity index (χ1v) is 13.4. The van der Waals surface area contributed by atoms with Gasteiger partial charge in [-0.2, -0.15) is 0 Å². The molecule has 204 valence electrons. The van der Waals surface area contributed by atoms with Gasteiger partial charge in [0.2, 0.25) is 17.7 Å². The third-order valence-corrected chi connectivity index (χ3v) is 8.12. The van der Waals surface area contributed by atoms with E-state index in [-0.39, 0.29) is 24.6 Å². The Balaban J connectivity index is 1.42. The Bertz CT molecular complexity index is 1500. The SMILES string of the molecule is Cc1ccc(NC(=O)[C@H]2[C@H]3C(=O)N(Cc4ccccc4F)[C@@H](c4ccc(C)cc4)C(=O)NC[C@@]34C=C[C@H]2O4)cc1. The van der Waals surface area contributed by atoms with E-state index in [9.17, 15) is 18.8 Å². The molecular formula is C32H30FN3O4. The molecule has 7 nitrogen and oxygen atoms in total. The second-order valence-electron chi connectivity index (χ2n) is 10.8. The molecule has 2 N–H and O–H groups in total. The van der Waals surface area contributed by atoms with Crippen molar-refractivity contribution in [3.8, 4) is 0 Å². The zero-order valence-electron chi connectivity index (χ0n) is 22.3. The van der Waals surface area contributed by atoms with Crippen molar-refractivity contribution in [2.75, 3.05) is 11.9 Å². The van der Waals surface area contributed by atoms with Crippen LogP contribution in [-0.4, -0.2) is 40.9 Å². The lowest BCUT2D eigenvalue weighted by molar-refractivity contribution is -0.153.